The monoisotopic (exact) mass is 435 g/mol. The van der Waals surface area contributed by atoms with Crippen molar-refractivity contribution in [3.05, 3.63) is 59.7 Å². The second-order valence-corrected chi connectivity index (χ2v) is 9.04. The van der Waals surface area contributed by atoms with Gasteiger partial charge in [-0.05, 0) is 51.0 Å². The molecule has 1 amide bonds. The zero-order chi connectivity index (χ0) is 21.4. The summed E-state index contributed by atoms with van der Waals surface area (Å²) in [7, 11) is 0. The average Bonchev–Trinajstić information content (AvgIpc) is 3.52. The van der Waals surface area contributed by atoms with Gasteiger partial charge in [0.2, 0.25) is 5.91 Å². The summed E-state index contributed by atoms with van der Waals surface area (Å²) >= 11 is 1.66. The predicted octanol–water partition coefficient (Wildman–Crippen LogP) is 4.22. The van der Waals surface area contributed by atoms with Gasteiger partial charge < -0.3 is 14.6 Å². The van der Waals surface area contributed by atoms with Gasteiger partial charge in [0, 0.05) is 13.1 Å². The Hall–Kier alpha value is -3.13. The molecule has 4 heterocycles. The van der Waals surface area contributed by atoms with Gasteiger partial charge >= 0.3 is 0 Å². The fourth-order valence-corrected chi connectivity index (χ4v) is 5.04. The lowest BCUT2D eigenvalue weighted by Crippen LogP contribution is -2.42. The molecule has 0 saturated carbocycles. The number of nitrogens with zero attached hydrogens (tertiary/aromatic N) is 4. The minimum atomic E-state index is -0.0505. The van der Waals surface area contributed by atoms with Gasteiger partial charge in [-0.2, -0.15) is 10.1 Å². The van der Waals surface area contributed by atoms with Gasteiger partial charge in [-0.25, -0.2) is 4.68 Å². The third-order valence-corrected chi connectivity index (χ3v) is 6.95. The topological polar surface area (TPSA) is 76.2 Å². The molecule has 1 atom stereocenters. The van der Waals surface area contributed by atoms with Crippen molar-refractivity contribution in [2.24, 2.45) is 5.92 Å². The minimum absolute atomic E-state index is 0.0505. The molecule has 160 valence electrons. The van der Waals surface area contributed by atoms with E-state index >= 15 is 0 Å². The Kier molecular flexibility index (Phi) is 5.23. The zero-order valence-corrected chi connectivity index (χ0v) is 18.5. The number of fused-ring (bicyclic) bond motifs is 1. The Morgan fingerprint density at radius 3 is 2.87 bits per heavy atom. The molecule has 1 fully saturated rings. The number of benzene rings is 1. The molecule has 0 spiro atoms. The van der Waals surface area contributed by atoms with E-state index in [1.807, 2.05) is 23.7 Å². The molecule has 3 aromatic heterocycles. The third kappa shape index (κ3) is 3.95. The van der Waals surface area contributed by atoms with Gasteiger partial charge in [-0.15, -0.1) is 0 Å². The van der Waals surface area contributed by atoms with E-state index < -0.39 is 0 Å². The number of aromatic nitrogens is 3. The highest BCUT2D eigenvalue weighted by Gasteiger charge is 2.28. The lowest BCUT2D eigenvalue weighted by atomic mass is 9.97. The van der Waals surface area contributed by atoms with E-state index in [1.54, 1.807) is 17.6 Å². The molecule has 5 rings (SSSR count). The first kappa shape index (κ1) is 19.8. The number of carbonyl (C=O) groups excluding carboxylic acids is 1. The molecule has 1 aliphatic rings. The first-order chi connectivity index (χ1) is 15.1. The number of hydrogen-bond donors (Lipinski definition) is 1. The number of aryl methyl sites for hydroxylation is 2. The Balaban J connectivity index is 1.34. The number of anilines is 1. The van der Waals surface area contributed by atoms with Gasteiger partial charge in [0.25, 0.3) is 0 Å². The molecule has 1 aliphatic heterocycles. The number of amides is 1. The van der Waals surface area contributed by atoms with Crippen LogP contribution in [0.2, 0.25) is 0 Å². The highest BCUT2D eigenvalue weighted by molar-refractivity contribution is 7.22. The number of piperidine rings is 1. The van der Waals surface area contributed by atoms with Gasteiger partial charge in [0.15, 0.2) is 10.8 Å². The molecule has 8 heteroatoms. The minimum Gasteiger partial charge on any atom is -0.467 e. The first-order valence-corrected chi connectivity index (χ1v) is 11.4. The molecule has 1 aromatic carbocycles. The van der Waals surface area contributed by atoms with Crippen LogP contribution in [0.15, 0.2) is 47.1 Å². The summed E-state index contributed by atoms with van der Waals surface area (Å²) in [5.74, 6) is 0.790. The quantitative estimate of drug-likeness (QED) is 0.508. The van der Waals surface area contributed by atoms with Crippen molar-refractivity contribution in [2.75, 3.05) is 18.0 Å². The summed E-state index contributed by atoms with van der Waals surface area (Å²) in [6.07, 6.45) is 3.48. The van der Waals surface area contributed by atoms with Gasteiger partial charge in [-0.3, -0.25) is 4.79 Å². The molecule has 7 nitrogen and oxygen atoms in total. The molecule has 1 saturated heterocycles. The van der Waals surface area contributed by atoms with E-state index in [9.17, 15) is 4.79 Å². The molecule has 0 unspecified atom stereocenters. The lowest BCUT2D eigenvalue weighted by molar-refractivity contribution is -0.125. The average molecular weight is 436 g/mol. The van der Waals surface area contributed by atoms with E-state index in [0.717, 1.165) is 52.0 Å². The number of rotatable bonds is 5. The molecular weight excluding hydrogens is 410 g/mol. The maximum absolute atomic E-state index is 12.7. The number of furan rings is 1. The van der Waals surface area contributed by atoms with Crippen LogP contribution in [-0.4, -0.2) is 33.8 Å². The standard InChI is InChI=1S/C23H25N5O2S/c1-15-7-9-18(10-8-15)28-21-20(16(2)26-28)31-23(25-21)27-11-3-5-17(14-27)22(29)24-13-19-6-4-12-30-19/h4,6-10,12,17H,3,5,11,13-14H2,1-2H3,(H,24,29)/t17-/m1/s1. The van der Waals surface area contributed by atoms with E-state index in [0.29, 0.717) is 13.1 Å². The summed E-state index contributed by atoms with van der Waals surface area (Å²) in [4.78, 5) is 19.9. The highest BCUT2D eigenvalue weighted by atomic mass is 32.1. The van der Waals surface area contributed by atoms with Crippen molar-refractivity contribution in [1.29, 1.82) is 0 Å². The van der Waals surface area contributed by atoms with Crippen molar-refractivity contribution < 1.29 is 9.21 Å². The van der Waals surface area contributed by atoms with Crippen LogP contribution in [0.3, 0.4) is 0 Å². The second-order valence-electron chi connectivity index (χ2n) is 8.06. The summed E-state index contributed by atoms with van der Waals surface area (Å²) in [6.45, 7) is 6.11. The molecular formula is C23H25N5O2S. The van der Waals surface area contributed by atoms with Crippen LogP contribution >= 0.6 is 11.3 Å². The fraction of sp³-hybridized carbons (Fsp3) is 0.348. The number of nitrogens with one attached hydrogen (secondary N) is 1. The van der Waals surface area contributed by atoms with Crippen LogP contribution in [0.1, 0.15) is 29.9 Å². The zero-order valence-electron chi connectivity index (χ0n) is 17.7. The molecule has 31 heavy (non-hydrogen) atoms. The van der Waals surface area contributed by atoms with Crippen LogP contribution in [0, 0.1) is 19.8 Å². The predicted molar refractivity (Wildman–Crippen MR) is 122 cm³/mol. The Morgan fingerprint density at radius 1 is 1.26 bits per heavy atom. The van der Waals surface area contributed by atoms with E-state index in [-0.39, 0.29) is 11.8 Å². The van der Waals surface area contributed by atoms with Crippen molar-refractivity contribution >= 4 is 32.7 Å². The molecule has 0 radical (unpaired) electrons. The van der Waals surface area contributed by atoms with E-state index in [4.69, 9.17) is 14.5 Å². The maximum Gasteiger partial charge on any atom is 0.225 e. The van der Waals surface area contributed by atoms with E-state index in [2.05, 4.69) is 41.4 Å². The van der Waals surface area contributed by atoms with Crippen molar-refractivity contribution in [3.8, 4) is 5.69 Å². The van der Waals surface area contributed by atoms with Crippen LogP contribution < -0.4 is 10.2 Å². The third-order valence-electron chi connectivity index (χ3n) is 5.74. The van der Waals surface area contributed by atoms with Crippen molar-refractivity contribution in [1.82, 2.24) is 20.1 Å². The maximum atomic E-state index is 12.7. The highest BCUT2D eigenvalue weighted by Crippen LogP contribution is 2.34. The second kappa shape index (κ2) is 8.19. The summed E-state index contributed by atoms with van der Waals surface area (Å²) < 4.78 is 8.33. The number of hydrogen-bond acceptors (Lipinski definition) is 6. The van der Waals surface area contributed by atoms with Crippen molar-refractivity contribution in [3.63, 3.8) is 0 Å². The van der Waals surface area contributed by atoms with Crippen LogP contribution in [0.4, 0.5) is 5.13 Å². The molecule has 4 aromatic rings. The fourth-order valence-electron chi connectivity index (χ4n) is 4.02. The number of thiazole rings is 1. The molecule has 0 bridgehead atoms. The van der Waals surface area contributed by atoms with Crippen LogP contribution in [0.5, 0.6) is 0 Å². The Morgan fingerprint density at radius 2 is 2.10 bits per heavy atom. The van der Waals surface area contributed by atoms with Gasteiger partial charge in [0.05, 0.1) is 34.8 Å². The summed E-state index contributed by atoms with van der Waals surface area (Å²) in [6, 6.07) is 12.0. The molecule has 1 N–H and O–H groups in total. The van der Waals surface area contributed by atoms with Gasteiger partial charge in [-0.1, -0.05) is 29.0 Å². The Labute approximate surface area is 184 Å². The largest absolute Gasteiger partial charge is 0.467 e. The first-order valence-electron chi connectivity index (χ1n) is 10.6. The normalized spacial score (nSPS) is 16.7. The number of carbonyl (C=O) groups is 1. The van der Waals surface area contributed by atoms with Crippen LogP contribution in [-0.2, 0) is 11.3 Å². The van der Waals surface area contributed by atoms with Crippen molar-refractivity contribution in [2.45, 2.75) is 33.2 Å². The van der Waals surface area contributed by atoms with E-state index in [1.165, 1.54) is 5.56 Å². The molecule has 0 aliphatic carbocycles. The summed E-state index contributed by atoms with van der Waals surface area (Å²) in [5.41, 5.74) is 4.08. The smallest absolute Gasteiger partial charge is 0.225 e. The lowest BCUT2D eigenvalue weighted by Gasteiger charge is -2.31. The summed E-state index contributed by atoms with van der Waals surface area (Å²) in [5, 5.41) is 8.66. The SMILES string of the molecule is Cc1ccc(-n2nc(C)c3sc(N4CCC[C@@H](C(=O)NCc5ccco5)C4)nc32)cc1. The van der Waals surface area contributed by atoms with Gasteiger partial charge in [0.1, 0.15) is 5.76 Å². The Bertz CT molecular complexity index is 1190. The van der Waals surface area contributed by atoms with Crippen LogP contribution in [0.25, 0.3) is 16.0 Å².